The van der Waals surface area contributed by atoms with E-state index in [2.05, 4.69) is 9.17 Å². The van der Waals surface area contributed by atoms with Crippen molar-refractivity contribution in [3.8, 4) is 16.9 Å². The van der Waals surface area contributed by atoms with Gasteiger partial charge in [-0.1, -0.05) is 31.2 Å². The van der Waals surface area contributed by atoms with E-state index in [9.17, 15) is 26.4 Å². The number of aromatic amines is 1. The Balaban J connectivity index is 2.09. The summed E-state index contributed by atoms with van der Waals surface area (Å²) in [5, 5.41) is 2.59. The molecule has 0 aliphatic rings. The zero-order valence-electron chi connectivity index (χ0n) is 15.4. The molecule has 10 heteroatoms. The molecule has 156 valence electrons. The van der Waals surface area contributed by atoms with E-state index in [1.54, 1.807) is 35.7 Å². The van der Waals surface area contributed by atoms with E-state index in [1.807, 2.05) is 6.92 Å². The molecule has 2 aromatic heterocycles. The molecule has 4 aromatic rings. The molecule has 0 aliphatic heterocycles. The highest BCUT2D eigenvalue weighted by Gasteiger charge is 2.49. The number of aryl methyl sites for hydroxylation is 1. The number of hydrogen-bond donors (Lipinski definition) is 1. The van der Waals surface area contributed by atoms with Crippen LogP contribution in [0.15, 0.2) is 52.6 Å². The highest BCUT2D eigenvalue weighted by molar-refractivity contribution is 7.88. The van der Waals surface area contributed by atoms with E-state index in [-0.39, 0.29) is 11.1 Å². The van der Waals surface area contributed by atoms with Crippen LogP contribution in [0.4, 0.5) is 13.2 Å². The first-order valence-corrected chi connectivity index (χ1v) is 11.1. The summed E-state index contributed by atoms with van der Waals surface area (Å²) in [5.41, 5.74) is -3.94. The van der Waals surface area contributed by atoms with Crippen LogP contribution in [0, 0.1) is 0 Å². The molecule has 30 heavy (non-hydrogen) atoms. The number of H-pyrrole nitrogens is 1. The number of halogens is 3. The second-order valence-electron chi connectivity index (χ2n) is 6.51. The summed E-state index contributed by atoms with van der Waals surface area (Å²) in [7, 11) is -5.88. The van der Waals surface area contributed by atoms with Crippen LogP contribution in [-0.4, -0.2) is 18.9 Å². The van der Waals surface area contributed by atoms with Crippen LogP contribution in [-0.2, 0) is 16.5 Å². The van der Waals surface area contributed by atoms with Crippen molar-refractivity contribution in [2.24, 2.45) is 0 Å². The lowest BCUT2D eigenvalue weighted by Gasteiger charge is -2.16. The molecule has 0 amide bonds. The minimum Gasteiger partial charge on any atom is -0.375 e. The van der Waals surface area contributed by atoms with Gasteiger partial charge in [-0.25, -0.2) is 0 Å². The van der Waals surface area contributed by atoms with Crippen molar-refractivity contribution in [2.45, 2.75) is 18.9 Å². The fourth-order valence-electron chi connectivity index (χ4n) is 3.26. The molecule has 0 saturated heterocycles. The van der Waals surface area contributed by atoms with E-state index in [0.29, 0.717) is 26.6 Å². The molecule has 0 atom stereocenters. The topological polar surface area (TPSA) is 76.2 Å². The fraction of sp³-hybridized carbons (Fsp3) is 0.150. The van der Waals surface area contributed by atoms with Crippen LogP contribution in [0.1, 0.15) is 12.5 Å². The Labute approximate surface area is 172 Å². The van der Waals surface area contributed by atoms with Crippen molar-refractivity contribution in [3.05, 3.63) is 63.8 Å². The van der Waals surface area contributed by atoms with Crippen LogP contribution in [0.25, 0.3) is 32.1 Å². The highest BCUT2D eigenvalue weighted by Crippen LogP contribution is 2.42. The molecule has 4 rings (SSSR count). The van der Waals surface area contributed by atoms with Crippen LogP contribution < -0.4 is 9.74 Å². The molecular formula is C20H14F3NO4S2. The van der Waals surface area contributed by atoms with Crippen molar-refractivity contribution < 1.29 is 25.8 Å². The maximum Gasteiger partial charge on any atom is 0.534 e. The third kappa shape index (κ3) is 3.35. The number of benzene rings is 2. The summed E-state index contributed by atoms with van der Waals surface area (Å²) in [6, 6.07) is 11.1. The van der Waals surface area contributed by atoms with E-state index in [0.717, 1.165) is 18.1 Å². The van der Waals surface area contributed by atoms with E-state index < -0.39 is 21.4 Å². The summed E-state index contributed by atoms with van der Waals surface area (Å²) in [6.07, 6.45) is 0.754. The van der Waals surface area contributed by atoms with Gasteiger partial charge < -0.3 is 9.17 Å². The molecular weight excluding hydrogens is 439 g/mol. The average molecular weight is 453 g/mol. The van der Waals surface area contributed by atoms with Gasteiger partial charge in [0.05, 0.1) is 0 Å². The number of pyridine rings is 1. The SMILES string of the molecule is CCc1ccc(-c2c(OS(=O)(=O)C(F)(F)F)ccc3[nH]c(=O)c4sccc4c23)cc1. The summed E-state index contributed by atoms with van der Waals surface area (Å²) in [4.78, 5) is 15.0. The van der Waals surface area contributed by atoms with Gasteiger partial charge in [-0.2, -0.15) is 21.6 Å². The molecule has 2 aromatic carbocycles. The maximum atomic E-state index is 13.0. The Kier molecular flexibility index (Phi) is 4.86. The summed E-state index contributed by atoms with van der Waals surface area (Å²) in [5.74, 6) is -0.469. The summed E-state index contributed by atoms with van der Waals surface area (Å²) >= 11 is 1.18. The van der Waals surface area contributed by atoms with E-state index in [4.69, 9.17) is 0 Å². The minimum atomic E-state index is -5.88. The first kappa shape index (κ1) is 20.4. The normalized spacial score (nSPS) is 12.5. The average Bonchev–Trinajstić information content (AvgIpc) is 3.18. The lowest BCUT2D eigenvalue weighted by atomic mass is 9.96. The largest absolute Gasteiger partial charge is 0.534 e. The molecule has 0 unspecified atom stereocenters. The zero-order valence-corrected chi connectivity index (χ0v) is 17.0. The number of nitrogens with one attached hydrogen (secondary N) is 1. The summed E-state index contributed by atoms with van der Waals surface area (Å²) < 4.78 is 67.2. The molecule has 0 fully saturated rings. The highest BCUT2D eigenvalue weighted by atomic mass is 32.2. The Hall–Kier alpha value is -2.85. The van der Waals surface area contributed by atoms with Gasteiger partial charge in [0.15, 0.2) is 5.75 Å². The number of thiophene rings is 1. The quantitative estimate of drug-likeness (QED) is 0.340. The van der Waals surface area contributed by atoms with Gasteiger partial charge in [0.1, 0.15) is 4.70 Å². The summed E-state index contributed by atoms with van der Waals surface area (Å²) in [6.45, 7) is 1.96. The van der Waals surface area contributed by atoms with Crippen molar-refractivity contribution in [1.29, 1.82) is 0 Å². The van der Waals surface area contributed by atoms with Gasteiger partial charge in [-0.15, -0.1) is 11.3 Å². The minimum absolute atomic E-state index is 0.155. The van der Waals surface area contributed by atoms with E-state index >= 15 is 0 Å². The van der Waals surface area contributed by atoms with Gasteiger partial charge in [0.25, 0.3) is 5.56 Å². The first-order valence-electron chi connectivity index (χ1n) is 8.78. The van der Waals surface area contributed by atoms with Gasteiger partial charge in [-0.05, 0) is 41.1 Å². The predicted molar refractivity (Wildman–Crippen MR) is 110 cm³/mol. The Bertz CT molecular complexity index is 1420. The molecule has 0 radical (unpaired) electrons. The zero-order chi connectivity index (χ0) is 21.7. The van der Waals surface area contributed by atoms with Crippen molar-refractivity contribution in [3.63, 3.8) is 0 Å². The third-order valence-corrected chi connectivity index (χ3v) is 6.57. The Morgan fingerprint density at radius 2 is 1.77 bits per heavy atom. The molecule has 0 saturated carbocycles. The lowest BCUT2D eigenvalue weighted by molar-refractivity contribution is -0.0499. The Morgan fingerprint density at radius 1 is 1.07 bits per heavy atom. The Morgan fingerprint density at radius 3 is 2.40 bits per heavy atom. The smallest absolute Gasteiger partial charge is 0.375 e. The lowest BCUT2D eigenvalue weighted by Crippen LogP contribution is -2.28. The van der Waals surface area contributed by atoms with Crippen LogP contribution >= 0.6 is 11.3 Å². The molecule has 0 bridgehead atoms. The molecule has 0 aliphatic carbocycles. The van der Waals surface area contributed by atoms with Crippen molar-refractivity contribution >= 4 is 42.4 Å². The fourth-order valence-corrected chi connectivity index (χ4v) is 4.52. The van der Waals surface area contributed by atoms with Crippen molar-refractivity contribution in [2.75, 3.05) is 0 Å². The van der Waals surface area contributed by atoms with Gasteiger partial charge in [0.2, 0.25) is 0 Å². The number of rotatable bonds is 4. The number of alkyl halides is 3. The van der Waals surface area contributed by atoms with Crippen LogP contribution in [0.2, 0.25) is 0 Å². The van der Waals surface area contributed by atoms with Gasteiger partial charge >= 0.3 is 15.6 Å². The number of hydrogen-bond acceptors (Lipinski definition) is 5. The number of fused-ring (bicyclic) bond motifs is 3. The number of aromatic nitrogens is 1. The van der Waals surface area contributed by atoms with Gasteiger partial charge in [-0.3, -0.25) is 4.79 Å². The van der Waals surface area contributed by atoms with Gasteiger partial charge in [0, 0.05) is 21.9 Å². The van der Waals surface area contributed by atoms with E-state index in [1.165, 1.54) is 17.4 Å². The molecule has 5 nitrogen and oxygen atoms in total. The van der Waals surface area contributed by atoms with Crippen molar-refractivity contribution in [1.82, 2.24) is 4.98 Å². The second kappa shape index (κ2) is 7.13. The van der Waals surface area contributed by atoms with Crippen LogP contribution in [0.3, 0.4) is 0 Å². The standard InChI is InChI=1S/C20H14F3NO4S2/c1-2-11-3-5-12(6-4-11)16-15(28-30(26,27)20(21,22)23)8-7-14-17(16)13-9-10-29-18(13)19(25)24-14/h3-10H,2H2,1H3,(H,24,25). The third-order valence-electron chi connectivity index (χ3n) is 4.69. The first-order chi connectivity index (χ1) is 14.1. The van der Waals surface area contributed by atoms with Crippen LogP contribution in [0.5, 0.6) is 5.75 Å². The maximum absolute atomic E-state index is 13.0. The monoisotopic (exact) mass is 453 g/mol. The molecule has 1 N–H and O–H groups in total. The molecule has 0 spiro atoms. The second-order valence-corrected chi connectivity index (χ2v) is 8.97. The predicted octanol–water partition coefficient (Wildman–Crippen LogP) is 5.20. The molecule has 2 heterocycles.